The Kier molecular flexibility index (Phi) is 10.4. The van der Waals surface area contributed by atoms with Crippen molar-refractivity contribution in [1.29, 1.82) is 0 Å². The summed E-state index contributed by atoms with van der Waals surface area (Å²) in [6.07, 6.45) is 4.98. The zero-order chi connectivity index (χ0) is 31.2. The fraction of sp³-hybridized carbons (Fsp3) is 0.486. The van der Waals surface area contributed by atoms with E-state index in [2.05, 4.69) is 86.7 Å². The summed E-state index contributed by atoms with van der Waals surface area (Å²) in [5.74, 6) is 2.61. The van der Waals surface area contributed by atoms with Gasteiger partial charge >= 0.3 is 5.97 Å². The molecule has 0 saturated carbocycles. The van der Waals surface area contributed by atoms with Crippen LogP contribution in [0.1, 0.15) is 75.6 Å². The molecule has 1 aliphatic carbocycles. The summed E-state index contributed by atoms with van der Waals surface area (Å²) in [4.78, 5) is 14.5. The first kappa shape index (κ1) is 32.4. The Morgan fingerprint density at radius 2 is 1.60 bits per heavy atom. The van der Waals surface area contributed by atoms with Gasteiger partial charge in [0.25, 0.3) is 0 Å². The molecule has 43 heavy (non-hydrogen) atoms. The Labute approximate surface area is 258 Å². The summed E-state index contributed by atoms with van der Waals surface area (Å²) >= 11 is 0. The molecule has 4 rings (SSSR count). The van der Waals surface area contributed by atoms with Crippen molar-refractivity contribution >= 4 is 11.7 Å². The van der Waals surface area contributed by atoms with Crippen molar-refractivity contribution < 1.29 is 19.0 Å². The maximum Gasteiger partial charge on any atom is 0.316 e. The average Bonchev–Trinajstić information content (AvgIpc) is 2.98. The lowest BCUT2D eigenvalue weighted by molar-refractivity contribution is -0.143. The average molecular weight is 587 g/mol. The Hall–Kier alpha value is -3.51. The molecule has 0 spiro atoms. The minimum Gasteiger partial charge on any atom is -0.497 e. The Morgan fingerprint density at radius 1 is 0.907 bits per heavy atom. The number of anilines is 1. The highest BCUT2D eigenvalue weighted by molar-refractivity contribution is 5.78. The number of likely N-dealkylation sites (N-methyl/N-ethyl adjacent to an activating group) is 1. The van der Waals surface area contributed by atoms with E-state index >= 15 is 0 Å². The van der Waals surface area contributed by atoms with Crippen molar-refractivity contribution in [2.45, 2.75) is 78.2 Å². The van der Waals surface area contributed by atoms with E-state index in [4.69, 9.17) is 14.2 Å². The van der Waals surface area contributed by atoms with E-state index in [1.54, 1.807) is 7.11 Å². The highest BCUT2D eigenvalue weighted by Gasteiger charge is 2.26. The third kappa shape index (κ3) is 8.76. The second-order valence-electron chi connectivity index (χ2n) is 13.6. The van der Waals surface area contributed by atoms with Gasteiger partial charge in [0.15, 0.2) is 0 Å². The van der Waals surface area contributed by atoms with Crippen molar-refractivity contribution in [1.82, 2.24) is 4.90 Å². The van der Waals surface area contributed by atoms with E-state index < -0.39 is 5.41 Å². The molecule has 0 fully saturated rings. The van der Waals surface area contributed by atoms with E-state index in [1.165, 1.54) is 22.3 Å². The van der Waals surface area contributed by atoms with Crippen LogP contribution in [0.15, 0.2) is 60.7 Å². The van der Waals surface area contributed by atoms with Crippen LogP contribution in [0.25, 0.3) is 0 Å². The Balaban J connectivity index is 1.34. The second-order valence-corrected chi connectivity index (χ2v) is 13.6. The number of nitrogens with zero attached hydrogens (tertiary/aromatic N) is 1. The van der Waals surface area contributed by atoms with Gasteiger partial charge in [-0.1, -0.05) is 24.3 Å². The second kappa shape index (κ2) is 13.9. The molecule has 0 aliphatic heterocycles. The zero-order valence-corrected chi connectivity index (χ0v) is 27.4. The van der Waals surface area contributed by atoms with Crippen LogP contribution in [0.2, 0.25) is 0 Å². The molecule has 0 bridgehead atoms. The third-order valence-corrected chi connectivity index (χ3v) is 8.61. The van der Waals surface area contributed by atoms with Gasteiger partial charge < -0.3 is 24.4 Å². The Morgan fingerprint density at radius 3 is 2.28 bits per heavy atom. The summed E-state index contributed by atoms with van der Waals surface area (Å²) in [5.41, 5.74) is 5.84. The van der Waals surface area contributed by atoms with Crippen molar-refractivity contribution in [3.63, 3.8) is 0 Å². The predicted octanol–water partition coefficient (Wildman–Crippen LogP) is 7.68. The van der Waals surface area contributed by atoms with Crippen LogP contribution in [0.5, 0.6) is 17.2 Å². The van der Waals surface area contributed by atoms with Gasteiger partial charge in [0, 0.05) is 23.8 Å². The van der Waals surface area contributed by atoms with Crippen molar-refractivity contribution in [3.8, 4) is 17.2 Å². The lowest BCUT2D eigenvalue weighted by Crippen LogP contribution is -2.43. The van der Waals surface area contributed by atoms with Gasteiger partial charge in [0.1, 0.15) is 23.9 Å². The molecule has 0 radical (unpaired) electrons. The summed E-state index contributed by atoms with van der Waals surface area (Å²) in [5, 5.41) is 3.72. The Bertz CT molecular complexity index is 1370. The summed E-state index contributed by atoms with van der Waals surface area (Å²) in [6, 6.07) is 21.0. The molecule has 232 valence electrons. The number of rotatable bonds is 12. The van der Waals surface area contributed by atoms with E-state index in [-0.39, 0.29) is 11.5 Å². The highest BCUT2D eigenvalue weighted by atomic mass is 16.5. The summed E-state index contributed by atoms with van der Waals surface area (Å²) in [7, 11) is 5.87. The first-order valence-corrected chi connectivity index (χ1v) is 15.5. The minimum absolute atomic E-state index is 0.0175. The quantitative estimate of drug-likeness (QED) is 0.133. The molecule has 1 atom stereocenters. The van der Waals surface area contributed by atoms with Crippen LogP contribution in [-0.4, -0.2) is 50.8 Å². The maximum atomic E-state index is 12.4. The van der Waals surface area contributed by atoms with E-state index in [0.717, 1.165) is 55.8 Å². The van der Waals surface area contributed by atoms with E-state index in [9.17, 15) is 4.79 Å². The highest BCUT2D eigenvalue weighted by Crippen LogP contribution is 2.39. The summed E-state index contributed by atoms with van der Waals surface area (Å²) in [6.45, 7) is 11.5. The fourth-order valence-corrected chi connectivity index (χ4v) is 5.15. The number of fused-ring (bicyclic) bond motifs is 1. The number of aryl methyl sites for hydroxylation is 2. The van der Waals surface area contributed by atoms with Crippen LogP contribution >= 0.6 is 0 Å². The number of benzene rings is 3. The van der Waals surface area contributed by atoms with E-state index in [0.29, 0.717) is 18.3 Å². The number of carbonyl (C=O) groups is 1. The van der Waals surface area contributed by atoms with Crippen LogP contribution in [-0.2, 0) is 24.1 Å². The SMILES string of the molecule is COc1ccc(C2CCc3cc(OC(=O)C(C)(C)C)ccc3C2)c(NCCCc2ccc(OCC(C)(C)N(C)C)cc2)c1. The van der Waals surface area contributed by atoms with Gasteiger partial charge in [-0.15, -0.1) is 0 Å². The van der Waals surface area contributed by atoms with Crippen molar-refractivity contribution in [3.05, 3.63) is 82.9 Å². The molecule has 0 amide bonds. The predicted molar refractivity (Wildman–Crippen MR) is 176 cm³/mol. The van der Waals surface area contributed by atoms with Gasteiger partial charge in [-0.25, -0.2) is 0 Å². The summed E-state index contributed by atoms with van der Waals surface area (Å²) < 4.78 is 17.3. The molecule has 0 aromatic heterocycles. The minimum atomic E-state index is -0.526. The number of carbonyl (C=O) groups excluding carboxylic acids is 1. The van der Waals surface area contributed by atoms with Crippen molar-refractivity contribution in [2.75, 3.05) is 39.7 Å². The van der Waals surface area contributed by atoms with Crippen LogP contribution in [0, 0.1) is 5.41 Å². The first-order valence-electron chi connectivity index (χ1n) is 15.5. The number of hydrogen-bond acceptors (Lipinski definition) is 6. The maximum absolute atomic E-state index is 12.4. The molecule has 3 aromatic rings. The molecule has 1 unspecified atom stereocenters. The first-order chi connectivity index (χ1) is 20.4. The van der Waals surface area contributed by atoms with Crippen LogP contribution in [0.3, 0.4) is 0 Å². The van der Waals surface area contributed by atoms with E-state index in [1.807, 2.05) is 32.9 Å². The van der Waals surface area contributed by atoms with Gasteiger partial charge in [-0.05, 0) is 139 Å². The molecule has 0 heterocycles. The molecule has 1 aliphatic rings. The van der Waals surface area contributed by atoms with Gasteiger partial charge in [-0.2, -0.15) is 0 Å². The third-order valence-electron chi connectivity index (χ3n) is 8.61. The number of methoxy groups -OCH3 is 1. The fourth-order valence-electron chi connectivity index (χ4n) is 5.15. The van der Waals surface area contributed by atoms with Crippen LogP contribution < -0.4 is 19.5 Å². The zero-order valence-electron chi connectivity index (χ0n) is 27.4. The number of esters is 1. The normalized spacial score (nSPS) is 15.1. The lowest BCUT2D eigenvalue weighted by Gasteiger charge is -2.32. The standard InChI is InChI=1S/C37H50N2O4/c1-36(2,3)35(40)43-32-18-15-27-22-29(14-13-28(27)23-32)33-20-19-31(41-8)24-34(33)38-21-9-10-26-11-16-30(17-12-26)42-25-37(4,5)39(6)7/h11-12,15-20,23-24,29,38H,9-10,13-14,21-22,25H2,1-8H3. The number of nitrogens with one attached hydrogen (secondary N) is 1. The smallest absolute Gasteiger partial charge is 0.316 e. The molecule has 6 heteroatoms. The molecular weight excluding hydrogens is 536 g/mol. The molecule has 3 aromatic carbocycles. The number of hydrogen-bond donors (Lipinski definition) is 1. The van der Waals surface area contributed by atoms with Crippen molar-refractivity contribution in [2.24, 2.45) is 5.41 Å². The molecule has 1 N–H and O–H groups in total. The molecular formula is C37H50N2O4. The van der Waals surface area contributed by atoms with Gasteiger partial charge in [0.05, 0.1) is 12.5 Å². The monoisotopic (exact) mass is 586 g/mol. The topological polar surface area (TPSA) is 60.0 Å². The lowest BCUT2D eigenvalue weighted by atomic mass is 9.79. The van der Waals surface area contributed by atoms with Crippen LogP contribution in [0.4, 0.5) is 5.69 Å². The van der Waals surface area contributed by atoms with Gasteiger partial charge in [0.2, 0.25) is 0 Å². The largest absolute Gasteiger partial charge is 0.497 e. The molecule has 6 nitrogen and oxygen atoms in total. The molecule has 0 saturated heterocycles. The van der Waals surface area contributed by atoms with Gasteiger partial charge in [-0.3, -0.25) is 4.79 Å². The number of ether oxygens (including phenoxy) is 3.